The molecule has 0 aromatic heterocycles. The van der Waals surface area contributed by atoms with Gasteiger partial charge >= 0.3 is 12.1 Å². The summed E-state index contributed by atoms with van der Waals surface area (Å²) in [6.07, 6.45) is -1.92. The molecule has 0 aliphatic carbocycles. The summed E-state index contributed by atoms with van der Waals surface area (Å²) in [7, 11) is -3.34. The van der Waals surface area contributed by atoms with Gasteiger partial charge in [0.25, 0.3) is 0 Å². The average Bonchev–Trinajstić information content (AvgIpc) is 2.86. The Kier molecular flexibility index (Phi) is 10.2. The zero-order chi connectivity index (χ0) is 26.0. The molecule has 1 amide bonds. The maximum atomic E-state index is 12.9. The second-order valence-electron chi connectivity index (χ2n) is 7.33. The predicted octanol–water partition coefficient (Wildman–Crippen LogP) is 3.31. The molecule has 4 N–H and O–H groups in total. The standard InChI is InChI=1S/C22H27N2O10P/c1-3-33-18-12-15(11-17(24-29)19(18)25)21(27)35(30,31)10-9-16(20(26)32-2)23-22(28)34-13-14-7-5-4-6-8-14/h4-8,11-12,16,21,25,27H,3,9-10,13H2,1-2H3,(H,23,28)(H,30,31)/t16-,21?/m0/s1. The Balaban J connectivity index is 2.10. The predicted molar refractivity (Wildman–Crippen MR) is 125 cm³/mol. The first-order valence-electron chi connectivity index (χ1n) is 10.5. The van der Waals surface area contributed by atoms with Crippen molar-refractivity contribution in [2.45, 2.75) is 31.8 Å². The SMILES string of the molecule is CCOc1cc(C(O)P(=O)(O)CC[C@H](NC(=O)OCc2ccccc2)C(=O)OC)cc(N=O)c1O. The second kappa shape index (κ2) is 12.8. The van der Waals surface area contributed by atoms with Gasteiger partial charge in [0.1, 0.15) is 12.6 Å². The van der Waals surface area contributed by atoms with Crippen LogP contribution >= 0.6 is 7.37 Å². The van der Waals surface area contributed by atoms with Crippen molar-refractivity contribution in [2.75, 3.05) is 19.9 Å². The zero-order valence-corrected chi connectivity index (χ0v) is 20.0. The lowest BCUT2D eigenvalue weighted by atomic mass is 10.2. The van der Waals surface area contributed by atoms with Crippen LogP contribution < -0.4 is 10.1 Å². The Morgan fingerprint density at radius 1 is 1.20 bits per heavy atom. The number of carbonyl (C=O) groups is 2. The Morgan fingerprint density at radius 2 is 1.89 bits per heavy atom. The normalized spacial score (nSPS) is 14.2. The lowest BCUT2D eigenvalue weighted by Gasteiger charge is -2.22. The zero-order valence-electron chi connectivity index (χ0n) is 19.1. The number of nitrogens with one attached hydrogen (secondary N) is 1. The fraction of sp³-hybridized carbons (Fsp3) is 0.364. The summed E-state index contributed by atoms with van der Waals surface area (Å²) in [5, 5.41) is 25.4. The molecular formula is C22H27N2O10P. The number of benzene rings is 2. The molecule has 3 atom stereocenters. The lowest BCUT2D eigenvalue weighted by molar-refractivity contribution is -0.143. The number of alkyl carbamates (subject to hydrolysis) is 1. The van der Waals surface area contributed by atoms with E-state index in [4.69, 9.17) is 9.47 Å². The van der Waals surface area contributed by atoms with Crippen molar-refractivity contribution in [3.63, 3.8) is 0 Å². The molecule has 0 aliphatic rings. The van der Waals surface area contributed by atoms with Crippen LogP contribution in [0.2, 0.25) is 0 Å². The van der Waals surface area contributed by atoms with Crippen LogP contribution in [-0.4, -0.2) is 53.1 Å². The highest BCUT2D eigenvalue weighted by atomic mass is 31.2. The third-order valence-corrected chi connectivity index (χ3v) is 6.85. The van der Waals surface area contributed by atoms with Gasteiger partial charge in [-0.2, -0.15) is 0 Å². The maximum Gasteiger partial charge on any atom is 0.408 e. The molecule has 0 saturated heterocycles. The number of methoxy groups -OCH3 is 1. The number of esters is 1. The first-order valence-corrected chi connectivity index (χ1v) is 12.4. The Morgan fingerprint density at radius 3 is 2.49 bits per heavy atom. The van der Waals surface area contributed by atoms with E-state index in [1.165, 1.54) is 0 Å². The van der Waals surface area contributed by atoms with Crippen LogP contribution in [0.25, 0.3) is 0 Å². The first-order chi connectivity index (χ1) is 16.6. The minimum atomic E-state index is -4.43. The van der Waals surface area contributed by atoms with E-state index in [0.717, 1.165) is 19.2 Å². The van der Waals surface area contributed by atoms with E-state index in [0.29, 0.717) is 5.56 Å². The van der Waals surface area contributed by atoms with Gasteiger partial charge in [0.15, 0.2) is 23.0 Å². The summed E-state index contributed by atoms with van der Waals surface area (Å²) in [4.78, 5) is 45.7. The fourth-order valence-electron chi connectivity index (χ4n) is 3.07. The lowest BCUT2D eigenvalue weighted by Crippen LogP contribution is -2.42. The van der Waals surface area contributed by atoms with Gasteiger partial charge in [-0.25, -0.2) is 9.59 Å². The van der Waals surface area contributed by atoms with Gasteiger partial charge in [-0.3, -0.25) is 4.57 Å². The van der Waals surface area contributed by atoms with Crippen molar-refractivity contribution in [2.24, 2.45) is 5.18 Å². The summed E-state index contributed by atoms with van der Waals surface area (Å²) in [6.45, 7) is 1.65. The number of rotatable bonds is 12. The van der Waals surface area contributed by atoms with Crippen molar-refractivity contribution in [1.82, 2.24) is 5.32 Å². The summed E-state index contributed by atoms with van der Waals surface area (Å²) < 4.78 is 27.7. The van der Waals surface area contributed by atoms with Crippen LogP contribution in [0.3, 0.4) is 0 Å². The quantitative estimate of drug-likeness (QED) is 0.188. The van der Waals surface area contributed by atoms with E-state index in [-0.39, 0.29) is 30.9 Å². The van der Waals surface area contributed by atoms with Gasteiger partial charge < -0.3 is 34.6 Å². The fourth-order valence-corrected chi connectivity index (χ4v) is 4.55. The third-order valence-electron chi connectivity index (χ3n) is 4.88. The smallest absolute Gasteiger partial charge is 0.408 e. The number of aliphatic hydroxyl groups excluding tert-OH is 1. The van der Waals surface area contributed by atoms with E-state index >= 15 is 0 Å². The summed E-state index contributed by atoms with van der Waals surface area (Å²) in [5.74, 6) is -3.65. The molecule has 0 spiro atoms. The Bertz CT molecular complexity index is 1080. The number of amides is 1. The molecule has 2 rings (SSSR count). The van der Waals surface area contributed by atoms with Crippen molar-refractivity contribution >= 4 is 25.1 Å². The molecule has 13 heteroatoms. The number of aromatic hydroxyl groups is 1. The van der Waals surface area contributed by atoms with Gasteiger partial charge in [0.2, 0.25) is 7.37 Å². The van der Waals surface area contributed by atoms with Gasteiger partial charge in [-0.15, -0.1) is 4.91 Å². The molecule has 35 heavy (non-hydrogen) atoms. The number of nitrogens with zero attached hydrogens (tertiary/aromatic N) is 1. The number of aliphatic hydroxyl groups is 1. The highest BCUT2D eigenvalue weighted by molar-refractivity contribution is 7.58. The van der Waals surface area contributed by atoms with Crippen LogP contribution in [0.15, 0.2) is 47.6 Å². The van der Waals surface area contributed by atoms with Crippen LogP contribution in [0.5, 0.6) is 11.5 Å². The van der Waals surface area contributed by atoms with E-state index in [9.17, 15) is 34.2 Å². The highest BCUT2D eigenvalue weighted by Gasteiger charge is 2.34. The number of phenolic OH excluding ortho intramolecular Hbond substituents is 1. The molecule has 0 heterocycles. The molecule has 190 valence electrons. The van der Waals surface area contributed by atoms with Gasteiger partial charge in [0, 0.05) is 6.16 Å². The Labute approximate surface area is 201 Å². The summed E-state index contributed by atoms with van der Waals surface area (Å²) in [6, 6.07) is 9.52. The molecule has 0 fully saturated rings. The molecule has 2 aromatic rings. The van der Waals surface area contributed by atoms with E-state index in [1.54, 1.807) is 37.3 Å². The average molecular weight is 510 g/mol. The van der Waals surface area contributed by atoms with Crippen molar-refractivity contribution < 1.29 is 43.5 Å². The largest absolute Gasteiger partial charge is 0.503 e. The number of nitroso groups, excluding NO2 is 1. The van der Waals surface area contributed by atoms with Crippen LogP contribution in [0.1, 0.15) is 30.3 Å². The minimum Gasteiger partial charge on any atom is -0.503 e. The number of carbonyl (C=O) groups excluding carboxylic acids is 2. The molecular weight excluding hydrogens is 483 g/mol. The van der Waals surface area contributed by atoms with Gasteiger partial charge in [-0.1, -0.05) is 30.3 Å². The van der Waals surface area contributed by atoms with Crippen molar-refractivity contribution in [3.05, 3.63) is 58.5 Å². The van der Waals surface area contributed by atoms with Crippen molar-refractivity contribution in [3.8, 4) is 11.5 Å². The molecule has 0 saturated carbocycles. The minimum absolute atomic E-state index is 0.0616. The molecule has 0 aliphatic heterocycles. The Hall–Kier alpha value is -3.47. The van der Waals surface area contributed by atoms with E-state index in [2.05, 4.69) is 15.2 Å². The highest BCUT2D eigenvalue weighted by Crippen LogP contribution is 2.56. The molecule has 2 aromatic carbocycles. The summed E-state index contributed by atoms with van der Waals surface area (Å²) in [5.41, 5.74) is 0.0292. The van der Waals surface area contributed by atoms with E-state index in [1.807, 2.05) is 0 Å². The second-order valence-corrected chi connectivity index (χ2v) is 9.78. The van der Waals surface area contributed by atoms with Gasteiger partial charge in [-0.05, 0) is 41.8 Å². The van der Waals surface area contributed by atoms with E-state index < -0.39 is 48.9 Å². The van der Waals surface area contributed by atoms with Crippen LogP contribution in [0, 0.1) is 4.91 Å². The molecule has 2 unspecified atom stereocenters. The first kappa shape index (κ1) is 27.8. The number of hydrogen-bond donors (Lipinski definition) is 4. The molecule has 0 radical (unpaired) electrons. The molecule has 12 nitrogen and oxygen atoms in total. The van der Waals surface area contributed by atoms with Crippen molar-refractivity contribution in [1.29, 1.82) is 0 Å². The molecule has 0 bridgehead atoms. The maximum absolute atomic E-state index is 12.9. The monoisotopic (exact) mass is 510 g/mol. The summed E-state index contributed by atoms with van der Waals surface area (Å²) >= 11 is 0. The number of ether oxygens (including phenoxy) is 3. The topological polar surface area (TPSA) is 181 Å². The van der Waals surface area contributed by atoms with Gasteiger partial charge in [0.05, 0.1) is 13.7 Å². The number of hydrogen-bond acceptors (Lipinski definition) is 10. The third kappa shape index (κ3) is 7.78. The number of phenols is 1. The van der Waals surface area contributed by atoms with Crippen LogP contribution in [0.4, 0.5) is 10.5 Å². The van der Waals surface area contributed by atoms with Crippen LogP contribution in [-0.2, 0) is 25.4 Å².